The summed E-state index contributed by atoms with van der Waals surface area (Å²) in [6, 6.07) is 13.7. The molecule has 0 spiro atoms. The summed E-state index contributed by atoms with van der Waals surface area (Å²) >= 11 is 0. The first-order valence-electron chi connectivity index (χ1n) is 9.53. The van der Waals surface area contributed by atoms with Crippen LogP contribution in [0.4, 0.5) is 21.7 Å². The molecule has 0 radical (unpaired) electrons. The minimum atomic E-state index is -0.273. The van der Waals surface area contributed by atoms with Gasteiger partial charge >= 0.3 is 0 Å². The Labute approximate surface area is 174 Å². The van der Waals surface area contributed by atoms with E-state index in [0.29, 0.717) is 24.7 Å². The standard InChI is InChI=1S/C22H22FN5O2/c1-27-13-20(29)28(17-7-9-18(30-2)10-8-17)12-19-21(25-14-26-22(19)27)24-11-15-3-5-16(23)6-4-15/h3-10,14H,11-13H2,1-2H3,(H,24,25,26). The molecule has 0 unspecified atom stereocenters. The summed E-state index contributed by atoms with van der Waals surface area (Å²) in [7, 11) is 3.44. The predicted molar refractivity (Wildman–Crippen MR) is 113 cm³/mol. The van der Waals surface area contributed by atoms with Crippen LogP contribution in [0.2, 0.25) is 0 Å². The molecular weight excluding hydrogens is 385 g/mol. The first-order valence-corrected chi connectivity index (χ1v) is 9.53. The number of anilines is 3. The number of carbonyl (C=O) groups excluding carboxylic acids is 1. The highest BCUT2D eigenvalue weighted by Crippen LogP contribution is 2.31. The summed E-state index contributed by atoms with van der Waals surface area (Å²) in [5.41, 5.74) is 2.52. The van der Waals surface area contributed by atoms with Crippen molar-refractivity contribution in [2.75, 3.05) is 35.8 Å². The number of hydrogen-bond acceptors (Lipinski definition) is 6. The lowest BCUT2D eigenvalue weighted by atomic mass is 10.2. The molecule has 1 aromatic heterocycles. The molecule has 3 aromatic rings. The van der Waals surface area contributed by atoms with Crippen molar-refractivity contribution in [1.82, 2.24) is 9.97 Å². The van der Waals surface area contributed by atoms with Crippen molar-refractivity contribution in [3.05, 3.63) is 71.8 Å². The van der Waals surface area contributed by atoms with E-state index in [1.54, 1.807) is 24.1 Å². The van der Waals surface area contributed by atoms with Gasteiger partial charge in [0.1, 0.15) is 29.5 Å². The van der Waals surface area contributed by atoms with E-state index in [-0.39, 0.29) is 18.3 Å². The summed E-state index contributed by atoms with van der Waals surface area (Å²) in [6.07, 6.45) is 1.48. The van der Waals surface area contributed by atoms with Gasteiger partial charge < -0.3 is 19.9 Å². The van der Waals surface area contributed by atoms with E-state index in [2.05, 4.69) is 15.3 Å². The lowest BCUT2D eigenvalue weighted by Gasteiger charge is -2.22. The molecule has 1 aliphatic rings. The number of nitrogens with zero attached hydrogens (tertiary/aromatic N) is 4. The maximum atomic E-state index is 13.2. The third kappa shape index (κ3) is 4.03. The fourth-order valence-corrected chi connectivity index (χ4v) is 3.42. The highest BCUT2D eigenvalue weighted by molar-refractivity contribution is 5.97. The second-order valence-electron chi connectivity index (χ2n) is 7.04. The normalized spacial score (nSPS) is 13.6. The number of amides is 1. The third-order valence-corrected chi connectivity index (χ3v) is 5.03. The van der Waals surface area contributed by atoms with Gasteiger partial charge in [-0.3, -0.25) is 4.79 Å². The number of aromatic nitrogens is 2. The van der Waals surface area contributed by atoms with Crippen molar-refractivity contribution in [3.8, 4) is 5.75 Å². The third-order valence-electron chi connectivity index (χ3n) is 5.03. The minimum Gasteiger partial charge on any atom is -0.497 e. The van der Waals surface area contributed by atoms with Gasteiger partial charge in [-0.05, 0) is 42.0 Å². The lowest BCUT2D eigenvalue weighted by molar-refractivity contribution is -0.117. The van der Waals surface area contributed by atoms with Gasteiger partial charge in [-0.1, -0.05) is 12.1 Å². The molecule has 1 aliphatic heterocycles. The molecule has 0 fully saturated rings. The maximum absolute atomic E-state index is 13.2. The monoisotopic (exact) mass is 407 g/mol. The number of methoxy groups -OCH3 is 1. The topological polar surface area (TPSA) is 70.6 Å². The van der Waals surface area contributed by atoms with E-state index in [1.807, 2.05) is 36.2 Å². The summed E-state index contributed by atoms with van der Waals surface area (Å²) in [4.78, 5) is 25.3. The zero-order chi connectivity index (χ0) is 21.1. The maximum Gasteiger partial charge on any atom is 0.246 e. The van der Waals surface area contributed by atoms with Crippen molar-refractivity contribution in [2.45, 2.75) is 13.1 Å². The Morgan fingerprint density at radius 1 is 1.07 bits per heavy atom. The van der Waals surface area contributed by atoms with E-state index >= 15 is 0 Å². The van der Waals surface area contributed by atoms with Crippen molar-refractivity contribution in [3.63, 3.8) is 0 Å². The zero-order valence-electron chi connectivity index (χ0n) is 16.8. The van der Waals surface area contributed by atoms with Gasteiger partial charge in [0.15, 0.2) is 0 Å². The van der Waals surface area contributed by atoms with Crippen LogP contribution in [-0.4, -0.2) is 36.6 Å². The van der Waals surface area contributed by atoms with Crippen LogP contribution >= 0.6 is 0 Å². The Kier molecular flexibility index (Phi) is 5.47. The molecule has 2 aromatic carbocycles. The van der Waals surface area contributed by atoms with Crippen molar-refractivity contribution >= 4 is 23.2 Å². The SMILES string of the molecule is COc1ccc(N2Cc3c(NCc4ccc(F)cc4)ncnc3N(C)CC2=O)cc1. The second-order valence-corrected chi connectivity index (χ2v) is 7.04. The van der Waals surface area contributed by atoms with Crippen LogP contribution in [0.25, 0.3) is 0 Å². The number of carbonyl (C=O) groups is 1. The highest BCUT2D eigenvalue weighted by Gasteiger charge is 2.28. The summed E-state index contributed by atoms with van der Waals surface area (Å²) in [6.45, 7) is 1.01. The number of fused-ring (bicyclic) bond motifs is 1. The van der Waals surface area contributed by atoms with Gasteiger partial charge in [0.2, 0.25) is 5.91 Å². The van der Waals surface area contributed by atoms with Gasteiger partial charge in [-0.2, -0.15) is 0 Å². The first kappa shape index (κ1) is 19.6. The van der Waals surface area contributed by atoms with E-state index < -0.39 is 0 Å². The summed E-state index contributed by atoms with van der Waals surface area (Å²) in [5, 5.41) is 3.30. The van der Waals surface area contributed by atoms with Gasteiger partial charge in [0.25, 0.3) is 0 Å². The number of likely N-dealkylation sites (N-methyl/N-ethyl adjacent to an activating group) is 1. The van der Waals surface area contributed by atoms with Crippen molar-refractivity contribution in [1.29, 1.82) is 0 Å². The fourth-order valence-electron chi connectivity index (χ4n) is 3.42. The Balaban J connectivity index is 1.64. The van der Waals surface area contributed by atoms with Crippen LogP contribution in [0.15, 0.2) is 54.9 Å². The number of nitrogens with one attached hydrogen (secondary N) is 1. The van der Waals surface area contributed by atoms with E-state index in [0.717, 1.165) is 22.6 Å². The Bertz CT molecular complexity index is 1040. The smallest absolute Gasteiger partial charge is 0.246 e. The molecule has 1 amide bonds. The quantitative estimate of drug-likeness (QED) is 0.700. The summed E-state index contributed by atoms with van der Waals surface area (Å²) < 4.78 is 18.4. The van der Waals surface area contributed by atoms with Crippen LogP contribution in [0, 0.1) is 5.82 Å². The molecule has 0 bridgehead atoms. The van der Waals surface area contributed by atoms with Crippen LogP contribution in [0.3, 0.4) is 0 Å². The van der Waals surface area contributed by atoms with Gasteiger partial charge in [-0.25, -0.2) is 14.4 Å². The van der Waals surface area contributed by atoms with Gasteiger partial charge in [0.05, 0.1) is 25.8 Å². The number of rotatable bonds is 5. The largest absolute Gasteiger partial charge is 0.497 e. The van der Waals surface area contributed by atoms with E-state index in [1.165, 1.54) is 18.5 Å². The second kappa shape index (κ2) is 8.36. The van der Waals surface area contributed by atoms with Crippen LogP contribution in [0.1, 0.15) is 11.1 Å². The van der Waals surface area contributed by atoms with Crippen molar-refractivity contribution < 1.29 is 13.9 Å². The number of halogens is 1. The number of ether oxygens (including phenoxy) is 1. The molecule has 8 heteroatoms. The van der Waals surface area contributed by atoms with E-state index in [4.69, 9.17) is 4.74 Å². The fraction of sp³-hybridized carbons (Fsp3) is 0.227. The molecule has 0 saturated heterocycles. The molecule has 154 valence electrons. The Hall–Kier alpha value is -3.68. The highest BCUT2D eigenvalue weighted by atomic mass is 19.1. The average Bonchev–Trinajstić information content (AvgIpc) is 2.89. The Morgan fingerprint density at radius 3 is 2.50 bits per heavy atom. The molecule has 0 atom stereocenters. The number of benzene rings is 2. The van der Waals surface area contributed by atoms with E-state index in [9.17, 15) is 9.18 Å². The molecule has 30 heavy (non-hydrogen) atoms. The summed E-state index contributed by atoms with van der Waals surface area (Å²) in [5.74, 6) is 1.76. The van der Waals surface area contributed by atoms with Crippen LogP contribution < -0.4 is 19.9 Å². The van der Waals surface area contributed by atoms with Crippen LogP contribution in [0.5, 0.6) is 5.75 Å². The Morgan fingerprint density at radius 2 is 1.80 bits per heavy atom. The average molecular weight is 407 g/mol. The predicted octanol–water partition coefficient (Wildman–Crippen LogP) is 3.22. The number of hydrogen-bond donors (Lipinski definition) is 1. The molecule has 2 heterocycles. The van der Waals surface area contributed by atoms with Crippen LogP contribution in [-0.2, 0) is 17.9 Å². The molecule has 4 rings (SSSR count). The molecule has 0 aliphatic carbocycles. The first-order chi connectivity index (χ1) is 14.5. The van der Waals surface area contributed by atoms with Crippen molar-refractivity contribution in [2.24, 2.45) is 0 Å². The molecule has 1 N–H and O–H groups in total. The van der Waals surface area contributed by atoms with Gasteiger partial charge in [-0.15, -0.1) is 0 Å². The minimum absolute atomic E-state index is 0.0369. The van der Waals surface area contributed by atoms with Gasteiger partial charge in [0, 0.05) is 19.3 Å². The molecule has 7 nitrogen and oxygen atoms in total. The lowest BCUT2D eigenvalue weighted by Crippen LogP contribution is -2.35. The molecular formula is C22H22FN5O2. The molecule has 0 saturated carbocycles. The zero-order valence-corrected chi connectivity index (χ0v) is 16.8.